The Balaban J connectivity index is 2.39. The van der Waals surface area contributed by atoms with Crippen molar-refractivity contribution in [3.63, 3.8) is 0 Å². The first-order valence-electron chi connectivity index (χ1n) is 6.24. The maximum Gasteiger partial charge on any atom is 0.330 e. The Morgan fingerprint density at radius 1 is 1.38 bits per heavy atom. The Morgan fingerprint density at radius 2 is 2.10 bits per heavy atom. The molecule has 0 spiro atoms. The molecule has 0 bridgehead atoms. The van der Waals surface area contributed by atoms with Crippen LogP contribution in [0, 0.1) is 0 Å². The molecule has 7 nitrogen and oxygen atoms in total. The van der Waals surface area contributed by atoms with Crippen molar-refractivity contribution in [2.75, 3.05) is 13.7 Å². The summed E-state index contributed by atoms with van der Waals surface area (Å²) in [6.45, 7) is 2.77. The molecule has 0 atom stereocenters. The number of carbonyl (C=O) groups excluding carboxylic acids is 3. The van der Waals surface area contributed by atoms with Crippen molar-refractivity contribution in [1.82, 2.24) is 10.6 Å². The molecule has 0 saturated heterocycles. The SMILES string of the molecule is COC(=O)C(C)(C)NC(=O)CNC(=O)C=Cc1ccco1. The van der Waals surface area contributed by atoms with Crippen LogP contribution in [0.4, 0.5) is 0 Å². The van der Waals surface area contributed by atoms with Crippen molar-refractivity contribution >= 4 is 23.9 Å². The standard InChI is InChI=1S/C14H18N2O5/c1-14(2,13(19)20-3)16-12(18)9-15-11(17)7-6-10-5-4-8-21-10/h4-8H,9H2,1-3H3,(H,15,17)(H,16,18). The van der Waals surface area contributed by atoms with Gasteiger partial charge in [0.05, 0.1) is 19.9 Å². The molecule has 0 saturated carbocycles. The van der Waals surface area contributed by atoms with Gasteiger partial charge in [0.1, 0.15) is 11.3 Å². The van der Waals surface area contributed by atoms with Gasteiger partial charge in [0.15, 0.2) is 0 Å². The van der Waals surface area contributed by atoms with Crippen LogP contribution < -0.4 is 10.6 Å². The molecule has 1 rings (SSSR count). The monoisotopic (exact) mass is 294 g/mol. The maximum atomic E-state index is 11.6. The Hall–Kier alpha value is -2.57. The number of rotatable bonds is 6. The number of nitrogens with one attached hydrogen (secondary N) is 2. The third kappa shape index (κ3) is 5.52. The van der Waals surface area contributed by atoms with Gasteiger partial charge in [0, 0.05) is 6.08 Å². The van der Waals surface area contributed by atoms with Crippen LogP contribution in [0.2, 0.25) is 0 Å². The largest absolute Gasteiger partial charge is 0.467 e. The van der Waals surface area contributed by atoms with Gasteiger partial charge >= 0.3 is 5.97 Å². The Labute approximate surface area is 122 Å². The van der Waals surface area contributed by atoms with Crippen LogP contribution in [0.25, 0.3) is 6.08 Å². The van der Waals surface area contributed by atoms with Gasteiger partial charge in [0.2, 0.25) is 11.8 Å². The van der Waals surface area contributed by atoms with Crippen LogP contribution in [-0.4, -0.2) is 37.0 Å². The third-order valence-electron chi connectivity index (χ3n) is 2.51. The average Bonchev–Trinajstić information content (AvgIpc) is 2.94. The van der Waals surface area contributed by atoms with E-state index in [1.807, 2.05) is 0 Å². The van der Waals surface area contributed by atoms with Crippen LogP contribution in [0.3, 0.4) is 0 Å². The summed E-state index contributed by atoms with van der Waals surface area (Å²) in [6.07, 6.45) is 4.21. The van der Waals surface area contributed by atoms with E-state index in [1.54, 1.807) is 12.1 Å². The van der Waals surface area contributed by atoms with Gasteiger partial charge in [0.25, 0.3) is 0 Å². The number of ether oxygens (including phenoxy) is 1. The molecule has 0 aliphatic heterocycles. The zero-order valence-corrected chi connectivity index (χ0v) is 12.1. The van der Waals surface area contributed by atoms with Gasteiger partial charge in [-0.3, -0.25) is 9.59 Å². The predicted octanol–water partition coefficient (Wildman–Crippen LogP) is 0.477. The minimum atomic E-state index is -1.15. The first kappa shape index (κ1) is 16.5. The van der Waals surface area contributed by atoms with Gasteiger partial charge in [-0.15, -0.1) is 0 Å². The number of carbonyl (C=O) groups is 3. The minimum absolute atomic E-state index is 0.248. The molecule has 2 N–H and O–H groups in total. The second-order valence-electron chi connectivity index (χ2n) is 4.73. The number of methoxy groups -OCH3 is 1. The van der Waals surface area contributed by atoms with Gasteiger partial charge < -0.3 is 19.8 Å². The van der Waals surface area contributed by atoms with Crippen molar-refractivity contribution in [2.24, 2.45) is 0 Å². The lowest BCUT2D eigenvalue weighted by Crippen LogP contribution is -2.52. The van der Waals surface area contributed by atoms with E-state index in [9.17, 15) is 14.4 Å². The fourth-order valence-corrected chi connectivity index (χ4v) is 1.47. The number of furan rings is 1. The molecule has 0 aliphatic carbocycles. The van der Waals surface area contributed by atoms with Crippen molar-refractivity contribution in [3.8, 4) is 0 Å². The molecule has 0 aliphatic rings. The highest BCUT2D eigenvalue weighted by atomic mass is 16.5. The van der Waals surface area contributed by atoms with Crippen LogP contribution in [-0.2, 0) is 19.1 Å². The lowest BCUT2D eigenvalue weighted by atomic mass is 10.1. The second-order valence-corrected chi connectivity index (χ2v) is 4.73. The van der Waals surface area contributed by atoms with Crippen LogP contribution in [0.5, 0.6) is 0 Å². The fraction of sp³-hybridized carbons (Fsp3) is 0.357. The molecule has 1 aromatic heterocycles. The lowest BCUT2D eigenvalue weighted by Gasteiger charge is -2.22. The predicted molar refractivity (Wildman–Crippen MR) is 75.0 cm³/mol. The molecule has 1 aromatic rings. The van der Waals surface area contributed by atoms with Crippen LogP contribution in [0.1, 0.15) is 19.6 Å². The molecule has 7 heteroatoms. The summed E-state index contributed by atoms with van der Waals surface area (Å²) in [5.74, 6) is -0.983. The fourth-order valence-electron chi connectivity index (χ4n) is 1.47. The average molecular weight is 294 g/mol. The molecule has 0 radical (unpaired) electrons. The molecule has 2 amide bonds. The summed E-state index contributed by atoms with van der Waals surface area (Å²) in [7, 11) is 1.23. The first-order valence-corrected chi connectivity index (χ1v) is 6.24. The van der Waals surface area contributed by atoms with Gasteiger partial charge in [-0.05, 0) is 32.1 Å². The van der Waals surface area contributed by atoms with E-state index >= 15 is 0 Å². The number of esters is 1. The molecule has 21 heavy (non-hydrogen) atoms. The highest BCUT2D eigenvalue weighted by Crippen LogP contribution is 2.04. The minimum Gasteiger partial charge on any atom is -0.467 e. The molecular formula is C14H18N2O5. The lowest BCUT2D eigenvalue weighted by molar-refractivity contribution is -0.149. The molecule has 0 aromatic carbocycles. The second kappa shape index (κ2) is 7.28. The molecule has 1 heterocycles. The van der Waals surface area contributed by atoms with Crippen molar-refractivity contribution < 1.29 is 23.5 Å². The zero-order valence-electron chi connectivity index (χ0n) is 12.1. The van der Waals surface area contributed by atoms with Crippen LogP contribution in [0.15, 0.2) is 28.9 Å². The number of amides is 2. The van der Waals surface area contributed by atoms with Crippen molar-refractivity contribution in [2.45, 2.75) is 19.4 Å². The first-order chi connectivity index (χ1) is 9.85. The summed E-state index contributed by atoms with van der Waals surface area (Å²) in [5, 5.41) is 4.85. The van der Waals surface area contributed by atoms with E-state index in [4.69, 9.17) is 4.42 Å². The molecular weight excluding hydrogens is 276 g/mol. The smallest absolute Gasteiger partial charge is 0.330 e. The van der Waals surface area contributed by atoms with Crippen molar-refractivity contribution in [1.29, 1.82) is 0 Å². The number of hydrogen-bond acceptors (Lipinski definition) is 5. The summed E-state index contributed by atoms with van der Waals surface area (Å²) in [4.78, 5) is 34.5. The van der Waals surface area contributed by atoms with E-state index in [2.05, 4.69) is 15.4 Å². The van der Waals surface area contributed by atoms with Crippen LogP contribution >= 0.6 is 0 Å². The van der Waals surface area contributed by atoms with Gasteiger partial charge in [-0.2, -0.15) is 0 Å². The molecule has 0 fully saturated rings. The highest BCUT2D eigenvalue weighted by molar-refractivity contribution is 5.95. The van der Waals surface area contributed by atoms with Gasteiger partial charge in [-0.25, -0.2) is 4.79 Å². The van der Waals surface area contributed by atoms with E-state index < -0.39 is 23.3 Å². The summed E-state index contributed by atoms with van der Waals surface area (Å²) >= 11 is 0. The summed E-state index contributed by atoms with van der Waals surface area (Å²) < 4.78 is 9.58. The number of hydrogen-bond donors (Lipinski definition) is 2. The normalized spacial score (nSPS) is 11.2. The topological polar surface area (TPSA) is 97.6 Å². The quantitative estimate of drug-likeness (QED) is 0.587. The molecule has 114 valence electrons. The maximum absolute atomic E-state index is 11.6. The Morgan fingerprint density at radius 3 is 2.67 bits per heavy atom. The zero-order chi connectivity index (χ0) is 15.9. The van der Waals surface area contributed by atoms with E-state index in [1.165, 1.54) is 39.4 Å². The third-order valence-corrected chi connectivity index (χ3v) is 2.51. The summed E-state index contributed by atoms with van der Waals surface area (Å²) in [5.41, 5.74) is -1.15. The Bertz CT molecular complexity index is 532. The highest BCUT2D eigenvalue weighted by Gasteiger charge is 2.30. The van der Waals surface area contributed by atoms with Crippen molar-refractivity contribution in [3.05, 3.63) is 30.2 Å². The summed E-state index contributed by atoms with van der Waals surface area (Å²) in [6, 6.07) is 3.38. The Kier molecular flexibility index (Phi) is 5.71. The molecule has 0 unspecified atom stereocenters. The van der Waals surface area contributed by atoms with Gasteiger partial charge in [-0.1, -0.05) is 0 Å². The van der Waals surface area contributed by atoms with E-state index in [0.29, 0.717) is 5.76 Å². The van der Waals surface area contributed by atoms with E-state index in [0.717, 1.165) is 0 Å². The van der Waals surface area contributed by atoms with E-state index in [-0.39, 0.29) is 6.54 Å².